The predicted octanol–water partition coefficient (Wildman–Crippen LogP) is 5.89. The van der Waals surface area contributed by atoms with Crippen LogP contribution in [0.1, 0.15) is 19.4 Å². The van der Waals surface area contributed by atoms with Crippen molar-refractivity contribution in [3.63, 3.8) is 0 Å². The molecule has 0 bridgehead atoms. The number of hydrogen-bond acceptors (Lipinski definition) is 2. The van der Waals surface area contributed by atoms with Crippen LogP contribution in [0.25, 0.3) is 0 Å². The third-order valence-corrected chi connectivity index (χ3v) is 4.82. The van der Waals surface area contributed by atoms with E-state index in [4.69, 9.17) is 23.2 Å². The maximum atomic E-state index is 6.24. The predicted molar refractivity (Wildman–Crippen MR) is 93.6 cm³/mol. The molecule has 0 atom stereocenters. The fourth-order valence-electron chi connectivity index (χ4n) is 1.93. The Hall–Kier alpha value is -0.670. The summed E-state index contributed by atoms with van der Waals surface area (Å²) in [6, 6.07) is 13.9. The molecule has 0 saturated heterocycles. The summed E-state index contributed by atoms with van der Waals surface area (Å²) in [7, 11) is 0. The molecule has 4 heteroatoms. The van der Waals surface area contributed by atoms with Crippen molar-refractivity contribution in [2.24, 2.45) is 5.92 Å². The average Bonchev–Trinajstić information content (AvgIpc) is 2.43. The van der Waals surface area contributed by atoms with Crippen molar-refractivity contribution in [3.05, 3.63) is 58.1 Å². The zero-order valence-corrected chi connectivity index (χ0v) is 14.5. The summed E-state index contributed by atoms with van der Waals surface area (Å²) in [6.45, 7) is 6.20. The fourth-order valence-corrected chi connectivity index (χ4v) is 3.32. The molecule has 2 rings (SSSR count). The molecule has 0 aliphatic heterocycles. The van der Waals surface area contributed by atoms with Crippen molar-refractivity contribution in [1.82, 2.24) is 5.32 Å². The molecule has 112 valence electrons. The Balaban J connectivity index is 2.16. The second-order valence-electron chi connectivity index (χ2n) is 5.31. The third-order valence-electron chi connectivity index (χ3n) is 2.95. The minimum Gasteiger partial charge on any atom is -0.312 e. The van der Waals surface area contributed by atoms with E-state index in [1.54, 1.807) is 11.8 Å². The van der Waals surface area contributed by atoms with Crippen LogP contribution in [0.3, 0.4) is 0 Å². The summed E-state index contributed by atoms with van der Waals surface area (Å²) >= 11 is 14.0. The first-order valence-corrected chi connectivity index (χ1v) is 8.55. The SMILES string of the molecule is CC(C)CNCc1cc(Cl)ccc1Sc1ccccc1Cl. The molecule has 0 amide bonds. The van der Waals surface area contributed by atoms with Gasteiger partial charge in [-0.15, -0.1) is 0 Å². The molecule has 0 heterocycles. The van der Waals surface area contributed by atoms with Gasteiger partial charge in [-0.05, 0) is 48.4 Å². The highest BCUT2D eigenvalue weighted by Gasteiger charge is 2.08. The number of nitrogens with one attached hydrogen (secondary N) is 1. The smallest absolute Gasteiger partial charge is 0.0545 e. The van der Waals surface area contributed by atoms with Crippen LogP contribution in [0.4, 0.5) is 0 Å². The van der Waals surface area contributed by atoms with Crippen LogP contribution < -0.4 is 5.32 Å². The lowest BCUT2D eigenvalue weighted by Crippen LogP contribution is -2.19. The van der Waals surface area contributed by atoms with E-state index in [9.17, 15) is 0 Å². The molecule has 2 aromatic carbocycles. The Morgan fingerprint density at radius 3 is 2.52 bits per heavy atom. The van der Waals surface area contributed by atoms with E-state index in [1.165, 1.54) is 10.5 Å². The highest BCUT2D eigenvalue weighted by atomic mass is 35.5. The van der Waals surface area contributed by atoms with Gasteiger partial charge in [0.15, 0.2) is 0 Å². The van der Waals surface area contributed by atoms with Crippen LogP contribution in [0.5, 0.6) is 0 Å². The van der Waals surface area contributed by atoms with E-state index in [1.807, 2.05) is 36.4 Å². The molecule has 0 saturated carbocycles. The van der Waals surface area contributed by atoms with Crippen molar-refractivity contribution < 1.29 is 0 Å². The lowest BCUT2D eigenvalue weighted by molar-refractivity contribution is 0.550. The first-order chi connectivity index (χ1) is 10.1. The second-order valence-corrected chi connectivity index (χ2v) is 7.24. The van der Waals surface area contributed by atoms with Gasteiger partial charge in [0.1, 0.15) is 0 Å². The van der Waals surface area contributed by atoms with Crippen molar-refractivity contribution in [2.75, 3.05) is 6.54 Å². The van der Waals surface area contributed by atoms with Crippen molar-refractivity contribution >= 4 is 35.0 Å². The zero-order valence-electron chi connectivity index (χ0n) is 12.2. The minimum absolute atomic E-state index is 0.629. The van der Waals surface area contributed by atoms with E-state index in [2.05, 4.69) is 25.2 Å². The molecule has 0 aliphatic rings. The quantitative estimate of drug-likeness (QED) is 0.704. The molecule has 0 aliphatic carbocycles. The lowest BCUT2D eigenvalue weighted by atomic mass is 10.2. The van der Waals surface area contributed by atoms with E-state index >= 15 is 0 Å². The van der Waals surface area contributed by atoms with Gasteiger partial charge in [0.05, 0.1) is 5.02 Å². The Kier molecular flexibility index (Phi) is 6.43. The number of rotatable bonds is 6. The molecular formula is C17H19Cl2NS. The maximum Gasteiger partial charge on any atom is 0.0545 e. The van der Waals surface area contributed by atoms with Gasteiger partial charge in [-0.3, -0.25) is 0 Å². The number of hydrogen-bond donors (Lipinski definition) is 1. The molecule has 0 aromatic heterocycles. The molecule has 1 nitrogen and oxygen atoms in total. The van der Waals surface area contributed by atoms with Gasteiger partial charge < -0.3 is 5.32 Å². The van der Waals surface area contributed by atoms with Crippen molar-refractivity contribution in [3.8, 4) is 0 Å². The molecule has 0 spiro atoms. The van der Waals surface area contributed by atoms with Crippen LogP contribution >= 0.6 is 35.0 Å². The minimum atomic E-state index is 0.629. The summed E-state index contributed by atoms with van der Waals surface area (Å²) in [5.41, 5.74) is 1.20. The molecule has 2 aromatic rings. The largest absolute Gasteiger partial charge is 0.312 e. The highest BCUT2D eigenvalue weighted by Crippen LogP contribution is 2.35. The van der Waals surface area contributed by atoms with Crippen molar-refractivity contribution in [2.45, 2.75) is 30.2 Å². The van der Waals surface area contributed by atoms with Gasteiger partial charge in [-0.25, -0.2) is 0 Å². The summed E-state index contributed by atoms with van der Waals surface area (Å²) < 4.78 is 0. The monoisotopic (exact) mass is 339 g/mol. The van der Waals surface area contributed by atoms with Gasteiger partial charge in [-0.1, -0.05) is 60.9 Å². The van der Waals surface area contributed by atoms with Gasteiger partial charge in [0, 0.05) is 21.4 Å². The summed E-state index contributed by atoms with van der Waals surface area (Å²) in [4.78, 5) is 2.25. The van der Waals surface area contributed by atoms with Gasteiger partial charge in [-0.2, -0.15) is 0 Å². The standard InChI is InChI=1S/C17H19Cl2NS/c1-12(2)10-20-11-13-9-14(18)7-8-16(13)21-17-6-4-3-5-15(17)19/h3-9,12,20H,10-11H2,1-2H3. The Morgan fingerprint density at radius 1 is 1.05 bits per heavy atom. The maximum absolute atomic E-state index is 6.24. The van der Waals surface area contributed by atoms with Gasteiger partial charge >= 0.3 is 0 Å². The topological polar surface area (TPSA) is 12.0 Å². The Morgan fingerprint density at radius 2 is 1.81 bits per heavy atom. The Labute approximate surface area is 141 Å². The molecular weight excluding hydrogens is 321 g/mol. The first kappa shape index (κ1) is 16.7. The van der Waals surface area contributed by atoms with E-state index in [-0.39, 0.29) is 0 Å². The van der Waals surface area contributed by atoms with E-state index in [0.717, 1.165) is 28.0 Å². The molecule has 0 unspecified atom stereocenters. The van der Waals surface area contributed by atoms with E-state index < -0.39 is 0 Å². The zero-order chi connectivity index (χ0) is 15.2. The Bertz CT molecular complexity index is 599. The summed E-state index contributed by atoms with van der Waals surface area (Å²) in [5.74, 6) is 0.629. The number of halogens is 2. The van der Waals surface area contributed by atoms with Crippen molar-refractivity contribution in [1.29, 1.82) is 0 Å². The molecule has 21 heavy (non-hydrogen) atoms. The van der Waals surface area contributed by atoms with Crippen LogP contribution in [-0.2, 0) is 6.54 Å². The van der Waals surface area contributed by atoms with E-state index in [0.29, 0.717) is 5.92 Å². The normalized spacial score (nSPS) is 11.1. The molecule has 0 radical (unpaired) electrons. The first-order valence-electron chi connectivity index (χ1n) is 6.98. The van der Waals surface area contributed by atoms with Crippen LogP contribution in [0, 0.1) is 5.92 Å². The van der Waals surface area contributed by atoms with Crippen LogP contribution in [0.2, 0.25) is 10.0 Å². The van der Waals surface area contributed by atoms with Crippen LogP contribution in [0.15, 0.2) is 52.3 Å². The number of benzene rings is 2. The highest BCUT2D eigenvalue weighted by molar-refractivity contribution is 7.99. The molecule has 0 fully saturated rings. The lowest BCUT2D eigenvalue weighted by Gasteiger charge is -2.13. The van der Waals surface area contributed by atoms with Gasteiger partial charge in [0.2, 0.25) is 0 Å². The van der Waals surface area contributed by atoms with Gasteiger partial charge in [0.25, 0.3) is 0 Å². The summed E-state index contributed by atoms with van der Waals surface area (Å²) in [6.07, 6.45) is 0. The molecule has 1 N–H and O–H groups in total. The average molecular weight is 340 g/mol. The fraction of sp³-hybridized carbons (Fsp3) is 0.294. The third kappa shape index (κ3) is 5.23. The second kappa shape index (κ2) is 8.09. The summed E-state index contributed by atoms with van der Waals surface area (Å²) in [5, 5.41) is 5.00. The van der Waals surface area contributed by atoms with Crippen LogP contribution in [-0.4, -0.2) is 6.54 Å².